The summed E-state index contributed by atoms with van der Waals surface area (Å²) in [7, 11) is 0. The van der Waals surface area contributed by atoms with Gasteiger partial charge in [0.1, 0.15) is 13.2 Å². The first-order chi connectivity index (χ1) is 16.7. The number of aromatic nitrogens is 2. The quantitative estimate of drug-likeness (QED) is 0.431. The Morgan fingerprint density at radius 1 is 1.06 bits per heavy atom. The third-order valence-corrected chi connectivity index (χ3v) is 6.17. The monoisotopic (exact) mass is 476 g/mol. The minimum Gasteiger partial charge on any atom is -0.480 e. The second-order valence-corrected chi connectivity index (χ2v) is 9.16. The van der Waals surface area contributed by atoms with Gasteiger partial charge in [-0.25, -0.2) is 4.79 Å². The maximum absolute atomic E-state index is 12.7. The molecule has 3 N–H and O–H groups in total. The van der Waals surface area contributed by atoms with Crippen molar-refractivity contribution in [3.63, 3.8) is 0 Å². The summed E-state index contributed by atoms with van der Waals surface area (Å²) in [5, 5.41) is 18.2. The van der Waals surface area contributed by atoms with Gasteiger partial charge in [-0.15, -0.1) is 0 Å². The van der Waals surface area contributed by atoms with E-state index in [-0.39, 0.29) is 31.5 Å². The Bertz CT molecular complexity index is 1200. The van der Waals surface area contributed by atoms with Crippen molar-refractivity contribution in [2.75, 3.05) is 18.5 Å². The predicted molar refractivity (Wildman–Crippen MR) is 130 cm³/mol. The Labute approximate surface area is 203 Å². The molecule has 9 heteroatoms. The molecule has 35 heavy (non-hydrogen) atoms. The number of nitrogens with one attached hydrogen (secondary N) is 2. The lowest BCUT2D eigenvalue weighted by Crippen LogP contribution is -2.35. The van der Waals surface area contributed by atoms with Crippen molar-refractivity contribution < 1.29 is 24.2 Å². The molecule has 4 rings (SSSR count). The molecule has 0 unspecified atom stereocenters. The Kier molecular flexibility index (Phi) is 6.86. The number of carboxylic acid groups (broad SMARTS) is 1. The normalized spacial score (nSPS) is 12.5. The zero-order chi connectivity index (χ0) is 25.0. The van der Waals surface area contributed by atoms with Crippen LogP contribution in [0.25, 0.3) is 11.1 Å². The van der Waals surface area contributed by atoms with E-state index in [1.54, 1.807) is 13.8 Å². The summed E-state index contributed by atoms with van der Waals surface area (Å²) in [4.78, 5) is 35.8. The van der Waals surface area contributed by atoms with Crippen LogP contribution in [0.2, 0.25) is 0 Å². The summed E-state index contributed by atoms with van der Waals surface area (Å²) in [6, 6.07) is 16.3. The lowest BCUT2D eigenvalue weighted by molar-refractivity contribution is -0.137. The molecule has 1 heterocycles. The number of carbonyl (C=O) groups excluding carboxylic acids is 2. The second kappa shape index (κ2) is 10.0. The Morgan fingerprint density at radius 3 is 2.31 bits per heavy atom. The van der Waals surface area contributed by atoms with E-state index >= 15 is 0 Å². The molecule has 0 atom stereocenters. The lowest BCUT2D eigenvalue weighted by atomic mass is 9.88. The number of hydrogen-bond acceptors (Lipinski definition) is 5. The van der Waals surface area contributed by atoms with Gasteiger partial charge in [0.15, 0.2) is 0 Å². The topological polar surface area (TPSA) is 123 Å². The van der Waals surface area contributed by atoms with Crippen LogP contribution in [0.5, 0.6) is 0 Å². The molecule has 0 fully saturated rings. The highest BCUT2D eigenvalue weighted by Crippen LogP contribution is 2.44. The average molecular weight is 477 g/mol. The van der Waals surface area contributed by atoms with Crippen LogP contribution in [-0.4, -0.2) is 46.0 Å². The Hall–Kier alpha value is -4.14. The number of nitrogens with zero attached hydrogens (tertiary/aromatic N) is 2. The van der Waals surface area contributed by atoms with Gasteiger partial charge in [-0.1, -0.05) is 62.4 Å². The summed E-state index contributed by atoms with van der Waals surface area (Å²) in [6.07, 6.45) is 2.70. The minimum absolute atomic E-state index is 0.0163. The number of anilines is 1. The van der Waals surface area contributed by atoms with E-state index in [2.05, 4.69) is 40.0 Å². The zero-order valence-electron chi connectivity index (χ0n) is 19.7. The summed E-state index contributed by atoms with van der Waals surface area (Å²) < 4.78 is 6.76. The molecule has 1 aromatic heterocycles. The van der Waals surface area contributed by atoms with Crippen LogP contribution < -0.4 is 10.6 Å². The van der Waals surface area contributed by atoms with Crippen molar-refractivity contribution in [1.82, 2.24) is 15.1 Å². The fraction of sp³-hybridized carbons (Fsp3) is 0.308. The number of benzene rings is 2. The van der Waals surface area contributed by atoms with Gasteiger partial charge in [-0.3, -0.25) is 14.3 Å². The van der Waals surface area contributed by atoms with Crippen molar-refractivity contribution >= 4 is 23.7 Å². The van der Waals surface area contributed by atoms with E-state index in [1.165, 1.54) is 28.2 Å². The van der Waals surface area contributed by atoms with Gasteiger partial charge < -0.3 is 20.5 Å². The average Bonchev–Trinajstić information content (AvgIpc) is 3.39. The highest BCUT2D eigenvalue weighted by Gasteiger charge is 2.30. The predicted octanol–water partition coefficient (Wildman–Crippen LogP) is 3.86. The smallest absolute Gasteiger partial charge is 0.407 e. The van der Waals surface area contributed by atoms with Gasteiger partial charge in [-0.05, 0) is 28.7 Å². The lowest BCUT2D eigenvalue weighted by Gasteiger charge is -2.23. The summed E-state index contributed by atoms with van der Waals surface area (Å²) in [6.45, 7) is 3.73. The number of carbonyl (C=O) groups is 3. The maximum atomic E-state index is 12.7. The third-order valence-electron chi connectivity index (χ3n) is 6.17. The minimum atomic E-state index is -1.02. The highest BCUT2D eigenvalue weighted by molar-refractivity contribution is 5.94. The van der Waals surface area contributed by atoms with Crippen molar-refractivity contribution in [3.05, 3.63) is 72.1 Å². The van der Waals surface area contributed by atoms with Crippen LogP contribution >= 0.6 is 0 Å². The molecule has 3 aromatic rings. The van der Waals surface area contributed by atoms with Gasteiger partial charge in [0.2, 0.25) is 5.91 Å². The van der Waals surface area contributed by atoms with Crippen molar-refractivity contribution in [3.8, 4) is 11.1 Å². The zero-order valence-corrected chi connectivity index (χ0v) is 19.7. The van der Waals surface area contributed by atoms with Crippen LogP contribution in [-0.2, 0) is 20.9 Å². The fourth-order valence-electron chi connectivity index (χ4n) is 4.19. The molecular formula is C26H28N4O5. The van der Waals surface area contributed by atoms with Crippen molar-refractivity contribution in [1.29, 1.82) is 0 Å². The largest absolute Gasteiger partial charge is 0.480 e. The molecule has 182 valence electrons. The van der Waals surface area contributed by atoms with Gasteiger partial charge in [-0.2, -0.15) is 5.10 Å². The van der Waals surface area contributed by atoms with E-state index in [1.807, 2.05) is 24.3 Å². The summed E-state index contributed by atoms with van der Waals surface area (Å²) >= 11 is 0. The fourth-order valence-corrected chi connectivity index (χ4v) is 4.19. The van der Waals surface area contributed by atoms with Crippen LogP contribution in [0.1, 0.15) is 37.3 Å². The molecule has 0 radical (unpaired) electrons. The molecule has 1 aliphatic carbocycles. The number of carboxylic acids is 1. The van der Waals surface area contributed by atoms with Gasteiger partial charge >= 0.3 is 12.1 Å². The molecule has 1 aliphatic rings. The second-order valence-electron chi connectivity index (χ2n) is 9.16. The number of aliphatic carboxylic acids is 1. The maximum Gasteiger partial charge on any atom is 0.407 e. The first kappa shape index (κ1) is 24.0. The van der Waals surface area contributed by atoms with Crippen molar-refractivity contribution in [2.45, 2.75) is 32.7 Å². The Balaban J connectivity index is 1.26. The molecule has 0 aliphatic heterocycles. The van der Waals surface area contributed by atoms with Crippen LogP contribution in [0.3, 0.4) is 0 Å². The summed E-state index contributed by atoms with van der Waals surface area (Å²) in [5.41, 5.74) is 4.24. The molecule has 0 saturated carbocycles. The van der Waals surface area contributed by atoms with E-state index in [0.717, 1.165) is 11.1 Å². The van der Waals surface area contributed by atoms with Crippen LogP contribution in [0.15, 0.2) is 60.9 Å². The standard InChI is InChI=1S/C26H28N4O5/c1-26(2,24(33)29-17-13-28-30(14-17)15-23(31)32)11-12-27-25(34)35-16-22-20-9-5-3-7-18(20)19-8-4-6-10-21(19)22/h3-10,13-14,22H,11-12,15-16H2,1-2H3,(H,27,34)(H,29,33)(H,31,32). The molecule has 0 saturated heterocycles. The van der Waals surface area contributed by atoms with Crippen molar-refractivity contribution in [2.24, 2.45) is 5.41 Å². The SMILES string of the molecule is CC(C)(CCNC(=O)OCC1c2ccccc2-c2ccccc21)C(=O)Nc1cnn(CC(=O)O)c1. The molecule has 2 aromatic carbocycles. The first-order valence-corrected chi connectivity index (χ1v) is 11.4. The molecule has 9 nitrogen and oxygen atoms in total. The van der Waals surface area contributed by atoms with Gasteiger partial charge in [0.05, 0.1) is 11.9 Å². The molecule has 0 spiro atoms. The van der Waals surface area contributed by atoms with E-state index < -0.39 is 17.5 Å². The number of fused-ring (bicyclic) bond motifs is 3. The number of rotatable bonds is 9. The number of ether oxygens (including phenoxy) is 1. The third kappa shape index (κ3) is 5.51. The molecule has 2 amide bonds. The van der Waals surface area contributed by atoms with Gasteiger partial charge in [0.25, 0.3) is 0 Å². The number of hydrogen-bond donors (Lipinski definition) is 3. The number of amides is 2. The first-order valence-electron chi connectivity index (χ1n) is 11.4. The summed E-state index contributed by atoms with van der Waals surface area (Å²) in [5.74, 6) is -1.30. The van der Waals surface area contributed by atoms with Gasteiger partial charge in [0, 0.05) is 24.1 Å². The number of alkyl carbamates (subject to hydrolysis) is 1. The molecule has 0 bridgehead atoms. The van der Waals surface area contributed by atoms with Crippen LogP contribution in [0, 0.1) is 5.41 Å². The molecular weight excluding hydrogens is 448 g/mol. The van der Waals surface area contributed by atoms with E-state index in [0.29, 0.717) is 12.1 Å². The Morgan fingerprint density at radius 2 is 1.69 bits per heavy atom. The van der Waals surface area contributed by atoms with Crippen LogP contribution in [0.4, 0.5) is 10.5 Å². The van der Waals surface area contributed by atoms with E-state index in [4.69, 9.17) is 9.84 Å². The van der Waals surface area contributed by atoms with E-state index in [9.17, 15) is 14.4 Å². The highest BCUT2D eigenvalue weighted by atomic mass is 16.5.